The van der Waals surface area contributed by atoms with E-state index in [0.29, 0.717) is 23.1 Å². The Morgan fingerprint density at radius 1 is 1.10 bits per heavy atom. The number of aliphatic hydroxyl groups is 2. The summed E-state index contributed by atoms with van der Waals surface area (Å²) in [6.07, 6.45) is 2.12. The van der Waals surface area contributed by atoms with Gasteiger partial charge in [-0.3, -0.25) is 0 Å². The van der Waals surface area contributed by atoms with E-state index in [2.05, 4.69) is 14.3 Å². The minimum Gasteiger partial charge on any atom is -0.399 e. The normalized spacial score (nSPS) is 23.2. The first-order valence-corrected chi connectivity index (χ1v) is 10.6. The summed E-state index contributed by atoms with van der Waals surface area (Å²) in [4.78, 5) is 8.25. The van der Waals surface area contributed by atoms with Gasteiger partial charge in [-0.15, -0.1) is 12.4 Å². The third-order valence-electron chi connectivity index (χ3n) is 5.75. The molecule has 1 aliphatic carbocycles. The molecule has 31 heavy (non-hydrogen) atoms. The molecule has 1 saturated carbocycles. The zero-order valence-corrected chi connectivity index (χ0v) is 18.5. The smallest absolute Gasteiger partial charge is 0.226 e. The van der Waals surface area contributed by atoms with Crippen LogP contribution in [0.4, 0.5) is 11.5 Å². The van der Waals surface area contributed by atoms with Crippen molar-refractivity contribution in [2.45, 2.75) is 30.6 Å². The van der Waals surface area contributed by atoms with Gasteiger partial charge in [0.15, 0.2) is 0 Å². The van der Waals surface area contributed by atoms with Crippen LogP contribution >= 0.6 is 35.5 Å². The molecule has 162 valence electrons. The minimum absolute atomic E-state index is 0. The summed E-state index contributed by atoms with van der Waals surface area (Å²) in [6.45, 7) is 0. The predicted octanol–water partition coefficient (Wildman–Crippen LogP) is 3.24. The number of aliphatic hydroxyl groups excluding tert-OH is 2. The van der Waals surface area contributed by atoms with E-state index in [4.69, 9.17) is 23.1 Å². The van der Waals surface area contributed by atoms with Crippen molar-refractivity contribution < 1.29 is 10.2 Å². The lowest BCUT2D eigenvalue weighted by Crippen LogP contribution is -2.29. The molecular formula is C20H20Cl2N6O2S. The molecule has 6 N–H and O–H groups in total. The lowest BCUT2D eigenvalue weighted by Gasteiger charge is -2.19. The monoisotopic (exact) mass is 478 g/mol. The van der Waals surface area contributed by atoms with Gasteiger partial charge in [-0.25, -0.2) is 9.36 Å². The Morgan fingerprint density at radius 2 is 1.90 bits per heavy atom. The number of nitrogen functional groups attached to an aromatic ring is 2. The summed E-state index contributed by atoms with van der Waals surface area (Å²) in [6, 6.07) is 7.10. The molecule has 0 aliphatic heterocycles. The van der Waals surface area contributed by atoms with Crippen LogP contribution in [0.2, 0.25) is 5.28 Å². The second-order valence-electron chi connectivity index (χ2n) is 7.53. The van der Waals surface area contributed by atoms with E-state index in [1.165, 1.54) is 11.5 Å². The third kappa shape index (κ3) is 3.72. The van der Waals surface area contributed by atoms with Crippen molar-refractivity contribution in [1.82, 2.24) is 18.9 Å². The number of fused-ring (bicyclic) bond motifs is 1. The Balaban J connectivity index is 0.00000231. The zero-order chi connectivity index (χ0) is 21.0. The van der Waals surface area contributed by atoms with Gasteiger partial charge in [0.1, 0.15) is 17.6 Å². The lowest BCUT2D eigenvalue weighted by atomic mass is 9.92. The van der Waals surface area contributed by atoms with Crippen LogP contribution in [0.15, 0.2) is 42.0 Å². The molecule has 0 unspecified atom stereocenters. The van der Waals surface area contributed by atoms with E-state index in [1.54, 1.807) is 18.5 Å². The number of hydrogen-bond acceptors (Lipinski definition) is 8. The molecule has 1 aliphatic rings. The Morgan fingerprint density at radius 3 is 2.65 bits per heavy atom. The molecule has 0 bridgehead atoms. The highest BCUT2D eigenvalue weighted by Crippen LogP contribution is 2.44. The van der Waals surface area contributed by atoms with Gasteiger partial charge in [0.25, 0.3) is 0 Å². The molecule has 0 saturated heterocycles. The number of rotatable bonds is 3. The Labute approximate surface area is 193 Å². The van der Waals surface area contributed by atoms with E-state index in [-0.39, 0.29) is 29.4 Å². The fourth-order valence-electron chi connectivity index (χ4n) is 4.32. The number of aromatic nitrogens is 4. The quantitative estimate of drug-likeness (QED) is 0.262. The topological polar surface area (TPSA) is 136 Å². The number of benzene rings is 1. The largest absolute Gasteiger partial charge is 0.399 e. The van der Waals surface area contributed by atoms with Gasteiger partial charge >= 0.3 is 0 Å². The molecule has 0 amide bonds. The first-order valence-electron chi connectivity index (χ1n) is 9.38. The Kier molecular flexibility index (Phi) is 5.80. The van der Waals surface area contributed by atoms with E-state index >= 15 is 0 Å². The third-order valence-corrected chi connectivity index (χ3v) is 6.51. The molecule has 4 aromatic rings. The predicted molar refractivity (Wildman–Crippen MR) is 125 cm³/mol. The van der Waals surface area contributed by atoms with Crippen molar-refractivity contribution in [2.75, 3.05) is 11.5 Å². The van der Waals surface area contributed by atoms with Crippen LogP contribution in [0.25, 0.3) is 22.2 Å². The van der Waals surface area contributed by atoms with Gasteiger partial charge in [-0.05, 0) is 58.9 Å². The fourth-order valence-corrected chi connectivity index (χ4v) is 5.03. The van der Waals surface area contributed by atoms with Crippen LogP contribution in [0.3, 0.4) is 0 Å². The van der Waals surface area contributed by atoms with Crippen LogP contribution < -0.4 is 11.5 Å². The maximum absolute atomic E-state index is 10.9. The molecule has 0 spiro atoms. The highest BCUT2D eigenvalue weighted by molar-refractivity contribution is 7.03. The van der Waals surface area contributed by atoms with E-state index in [1.807, 2.05) is 28.1 Å². The summed E-state index contributed by atoms with van der Waals surface area (Å²) in [5.41, 5.74) is 16.0. The maximum Gasteiger partial charge on any atom is 0.226 e. The van der Waals surface area contributed by atoms with Crippen molar-refractivity contribution in [2.24, 2.45) is 0 Å². The van der Waals surface area contributed by atoms with Gasteiger partial charge in [-0.1, -0.05) is 6.07 Å². The van der Waals surface area contributed by atoms with Crippen molar-refractivity contribution in [3.63, 3.8) is 0 Å². The summed E-state index contributed by atoms with van der Waals surface area (Å²) < 4.78 is 5.96. The van der Waals surface area contributed by atoms with Gasteiger partial charge in [0, 0.05) is 34.9 Å². The van der Waals surface area contributed by atoms with Gasteiger partial charge in [-0.2, -0.15) is 4.98 Å². The van der Waals surface area contributed by atoms with Crippen LogP contribution in [0.5, 0.6) is 0 Å². The van der Waals surface area contributed by atoms with Gasteiger partial charge < -0.3 is 26.2 Å². The SMILES string of the molecule is Cl.Nc1cc(-c2cnsc2)cc([C@H]2C[C@@H](n3ccc4c(N)nc(Cl)nc43)[C@H](O)[C@@H]2O)c1. The van der Waals surface area contributed by atoms with E-state index in [0.717, 1.165) is 16.7 Å². The lowest BCUT2D eigenvalue weighted by molar-refractivity contribution is 0.0179. The molecular weight excluding hydrogens is 459 g/mol. The van der Waals surface area contributed by atoms with E-state index in [9.17, 15) is 10.2 Å². The molecule has 5 rings (SSSR count). The molecule has 1 aromatic carbocycles. The number of nitrogens with zero attached hydrogens (tertiary/aromatic N) is 4. The fraction of sp³-hybridized carbons (Fsp3) is 0.250. The first kappa shape index (κ1) is 21.8. The molecule has 0 radical (unpaired) electrons. The maximum atomic E-state index is 10.9. The highest BCUT2D eigenvalue weighted by Gasteiger charge is 2.43. The van der Waals surface area contributed by atoms with E-state index < -0.39 is 18.2 Å². The summed E-state index contributed by atoms with van der Waals surface area (Å²) in [5.74, 6) is -0.0240. The number of halogens is 2. The molecule has 11 heteroatoms. The van der Waals surface area contributed by atoms with Crippen molar-refractivity contribution in [3.05, 3.63) is 52.9 Å². The standard InChI is InChI=1S/C20H19ClN6O2S.ClH/c21-20-25-18(23)13-1-2-27(19(13)26-20)15-6-14(16(28)17(15)29)10-3-9(4-12(22)5-10)11-7-24-30-8-11;/h1-5,7-8,14-17,28-29H,6,22H2,(H2,23,25,26);1H/t14-,15-,16-,17+;/m1./s1. The molecule has 3 heterocycles. The number of nitrogens with two attached hydrogens (primary N) is 2. The molecule has 4 atom stereocenters. The minimum atomic E-state index is -0.992. The van der Waals surface area contributed by atoms with Crippen LogP contribution in [0, 0.1) is 0 Å². The van der Waals surface area contributed by atoms with Crippen molar-refractivity contribution in [3.8, 4) is 11.1 Å². The molecule has 1 fully saturated rings. The summed E-state index contributed by atoms with van der Waals surface area (Å²) in [5, 5.41) is 24.4. The zero-order valence-electron chi connectivity index (χ0n) is 16.1. The number of hydrogen-bond donors (Lipinski definition) is 4. The Hall–Kier alpha value is -2.43. The van der Waals surface area contributed by atoms with Crippen molar-refractivity contribution >= 4 is 58.1 Å². The highest BCUT2D eigenvalue weighted by atomic mass is 35.5. The van der Waals surface area contributed by atoms with Gasteiger partial charge in [0.2, 0.25) is 5.28 Å². The average Bonchev–Trinajstić information content (AvgIpc) is 3.42. The van der Waals surface area contributed by atoms with Gasteiger partial charge in [0.05, 0.1) is 17.5 Å². The first-order chi connectivity index (χ1) is 14.4. The summed E-state index contributed by atoms with van der Waals surface area (Å²) >= 11 is 7.35. The second kappa shape index (κ2) is 8.25. The number of anilines is 2. The van der Waals surface area contributed by atoms with Crippen LogP contribution in [-0.4, -0.2) is 41.3 Å². The van der Waals surface area contributed by atoms with Crippen LogP contribution in [0.1, 0.15) is 23.9 Å². The molecule has 8 nitrogen and oxygen atoms in total. The molecule has 3 aromatic heterocycles. The Bertz CT molecular complexity index is 1230. The van der Waals surface area contributed by atoms with Crippen LogP contribution in [-0.2, 0) is 0 Å². The average molecular weight is 479 g/mol. The second-order valence-corrected chi connectivity index (χ2v) is 8.53. The van der Waals surface area contributed by atoms with Crippen molar-refractivity contribution in [1.29, 1.82) is 0 Å². The summed E-state index contributed by atoms with van der Waals surface area (Å²) in [7, 11) is 0.